The fourth-order valence-corrected chi connectivity index (χ4v) is 3.72. The number of rotatable bonds is 11. The van der Waals surface area contributed by atoms with E-state index in [0.29, 0.717) is 11.4 Å². The first-order valence-electron chi connectivity index (χ1n) is 8.28. The second-order valence-electron chi connectivity index (χ2n) is 5.72. The highest BCUT2D eigenvalue weighted by molar-refractivity contribution is 7.92. The van der Waals surface area contributed by atoms with Crippen molar-refractivity contribution in [3.8, 4) is 0 Å². The minimum atomic E-state index is -3.51. The molecule has 0 saturated carbocycles. The molecule has 136 valence electrons. The van der Waals surface area contributed by atoms with Gasteiger partial charge in [0.25, 0.3) is 0 Å². The van der Waals surface area contributed by atoms with Crippen LogP contribution in [0.25, 0.3) is 0 Å². The molecule has 24 heavy (non-hydrogen) atoms. The zero-order valence-corrected chi connectivity index (χ0v) is 15.9. The van der Waals surface area contributed by atoms with Crippen LogP contribution in [0.4, 0.5) is 5.69 Å². The van der Waals surface area contributed by atoms with Crippen LogP contribution in [0.2, 0.25) is 5.02 Å². The van der Waals surface area contributed by atoms with Gasteiger partial charge in [-0.05, 0) is 24.6 Å². The predicted molar refractivity (Wildman–Crippen MR) is 98.2 cm³/mol. The van der Waals surface area contributed by atoms with Crippen LogP contribution in [0, 0.1) is 0 Å². The molecular formula is C17H26ClNO4S. The molecule has 0 bridgehead atoms. The van der Waals surface area contributed by atoms with Crippen molar-refractivity contribution in [1.29, 1.82) is 0 Å². The summed E-state index contributed by atoms with van der Waals surface area (Å²) in [5.41, 5.74) is 0.294. The number of halogens is 1. The molecule has 7 heteroatoms. The normalized spacial score (nSPS) is 11.3. The molecule has 0 heterocycles. The highest BCUT2D eigenvalue weighted by Gasteiger charge is 2.17. The first kappa shape index (κ1) is 20.8. The lowest BCUT2D eigenvalue weighted by molar-refractivity contribution is 0.0602. The third-order valence-electron chi connectivity index (χ3n) is 3.67. The third kappa shape index (κ3) is 7.53. The summed E-state index contributed by atoms with van der Waals surface area (Å²) in [7, 11) is -2.27. The molecule has 0 fully saturated rings. The lowest BCUT2D eigenvalue weighted by Crippen LogP contribution is -2.19. The van der Waals surface area contributed by atoms with Crippen molar-refractivity contribution in [3.63, 3.8) is 0 Å². The Bertz CT molecular complexity index is 631. The van der Waals surface area contributed by atoms with E-state index in [1.165, 1.54) is 44.6 Å². The van der Waals surface area contributed by atoms with Crippen molar-refractivity contribution in [2.45, 2.75) is 51.9 Å². The van der Waals surface area contributed by atoms with E-state index in [1.54, 1.807) is 0 Å². The molecule has 0 radical (unpaired) electrons. The minimum absolute atomic E-state index is 0.0318. The lowest BCUT2D eigenvalue weighted by Gasteiger charge is -2.12. The van der Waals surface area contributed by atoms with E-state index in [1.807, 2.05) is 0 Å². The second-order valence-corrected chi connectivity index (χ2v) is 8.00. The highest BCUT2D eigenvalue weighted by Crippen LogP contribution is 2.23. The van der Waals surface area contributed by atoms with Crippen LogP contribution >= 0.6 is 11.6 Å². The quantitative estimate of drug-likeness (QED) is 0.452. The van der Waals surface area contributed by atoms with Crippen molar-refractivity contribution in [3.05, 3.63) is 28.8 Å². The van der Waals surface area contributed by atoms with Gasteiger partial charge in [-0.15, -0.1) is 0 Å². The summed E-state index contributed by atoms with van der Waals surface area (Å²) in [5, 5.41) is 0.338. The van der Waals surface area contributed by atoms with Gasteiger partial charge in [0.15, 0.2) is 0 Å². The minimum Gasteiger partial charge on any atom is -0.465 e. The van der Waals surface area contributed by atoms with Gasteiger partial charge in [0, 0.05) is 5.02 Å². The Balaban J connectivity index is 2.56. The number of carbonyl (C=O) groups is 1. The van der Waals surface area contributed by atoms with Crippen molar-refractivity contribution in [2.24, 2.45) is 0 Å². The molecule has 0 spiro atoms. The number of hydrogen-bond donors (Lipinski definition) is 1. The van der Waals surface area contributed by atoms with Crippen LogP contribution in [0.3, 0.4) is 0 Å². The summed E-state index contributed by atoms with van der Waals surface area (Å²) in [6.45, 7) is 2.16. The Hall–Kier alpha value is -1.27. The monoisotopic (exact) mass is 375 g/mol. The molecule has 0 aliphatic heterocycles. The van der Waals surface area contributed by atoms with Crippen LogP contribution < -0.4 is 4.72 Å². The Morgan fingerprint density at radius 2 is 1.75 bits per heavy atom. The molecule has 0 saturated heterocycles. The van der Waals surface area contributed by atoms with Gasteiger partial charge in [-0.1, -0.05) is 57.0 Å². The fraction of sp³-hybridized carbons (Fsp3) is 0.588. The Labute approximate surface area is 149 Å². The summed E-state index contributed by atoms with van der Waals surface area (Å²) in [6.07, 6.45) is 7.30. The van der Waals surface area contributed by atoms with Gasteiger partial charge in [0.2, 0.25) is 10.0 Å². The summed E-state index contributed by atoms with van der Waals surface area (Å²) in [5.74, 6) is -0.601. The van der Waals surface area contributed by atoms with E-state index in [-0.39, 0.29) is 17.0 Å². The smallest absolute Gasteiger partial charge is 0.340 e. The van der Waals surface area contributed by atoms with Gasteiger partial charge in [0.05, 0.1) is 24.1 Å². The van der Waals surface area contributed by atoms with E-state index < -0.39 is 16.0 Å². The molecule has 1 aromatic carbocycles. The van der Waals surface area contributed by atoms with Gasteiger partial charge in [-0.2, -0.15) is 0 Å². The zero-order valence-electron chi connectivity index (χ0n) is 14.3. The number of ether oxygens (including phenoxy) is 1. The second kappa shape index (κ2) is 10.6. The van der Waals surface area contributed by atoms with Crippen LogP contribution in [-0.2, 0) is 14.8 Å². The first-order valence-corrected chi connectivity index (χ1v) is 10.3. The van der Waals surface area contributed by atoms with Crippen LogP contribution in [0.1, 0.15) is 62.2 Å². The maximum atomic E-state index is 12.2. The van der Waals surface area contributed by atoms with Gasteiger partial charge in [-0.25, -0.2) is 13.2 Å². The number of nitrogens with one attached hydrogen (secondary N) is 1. The molecule has 0 aromatic heterocycles. The number of carbonyl (C=O) groups excluding carboxylic acids is 1. The number of anilines is 1. The molecule has 1 N–H and O–H groups in total. The number of benzene rings is 1. The maximum Gasteiger partial charge on any atom is 0.340 e. The average molecular weight is 376 g/mol. The Morgan fingerprint density at radius 1 is 1.12 bits per heavy atom. The molecule has 0 aliphatic carbocycles. The SMILES string of the molecule is CCCCCCCCCS(=O)(=O)Nc1ccc(Cl)cc1C(=O)OC. The largest absolute Gasteiger partial charge is 0.465 e. The summed E-state index contributed by atoms with van der Waals surface area (Å²) in [6, 6.07) is 4.38. The molecule has 0 amide bonds. The van der Waals surface area contributed by atoms with Gasteiger partial charge in [-0.3, -0.25) is 4.72 Å². The summed E-state index contributed by atoms with van der Waals surface area (Å²) >= 11 is 5.86. The lowest BCUT2D eigenvalue weighted by atomic mass is 10.1. The molecule has 1 aromatic rings. The van der Waals surface area contributed by atoms with Gasteiger partial charge in [0.1, 0.15) is 0 Å². The van der Waals surface area contributed by atoms with Crippen molar-refractivity contribution in [2.75, 3.05) is 17.6 Å². The topological polar surface area (TPSA) is 72.5 Å². The average Bonchev–Trinajstić information content (AvgIpc) is 2.54. The van der Waals surface area contributed by atoms with E-state index >= 15 is 0 Å². The Morgan fingerprint density at radius 3 is 2.38 bits per heavy atom. The molecule has 0 aliphatic rings. The summed E-state index contributed by atoms with van der Waals surface area (Å²) in [4.78, 5) is 11.7. The maximum absolute atomic E-state index is 12.2. The fourth-order valence-electron chi connectivity index (χ4n) is 2.35. The van der Waals surface area contributed by atoms with Crippen LogP contribution in [0.5, 0.6) is 0 Å². The van der Waals surface area contributed by atoms with Crippen LogP contribution in [-0.4, -0.2) is 27.2 Å². The van der Waals surface area contributed by atoms with E-state index in [0.717, 1.165) is 19.3 Å². The molecule has 0 unspecified atom stereocenters. The van der Waals surface area contributed by atoms with Gasteiger partial charge < -0.3 is 4.74 Å². The number of sulfonamides is 1. The standard InChI is InChI=1S/C17H26ClNO4S/c1-3-4-5-6-7-8-9-12-24(21,22)19-16-11-10-14(18)13-15(16)17(20)23-2/h10-11,13,19H,3-9,12H2,1-2H3. The molecule has 1 rings (SSSR count). The predicted octanol–water partition coefficient (Wildman–Crippen LogP) is 4.62. The first-order chi connectivity index (χ1) is 11.4. The zero-order chi connectivity index (χ0) is 18.0. The number of methoxy groups -OCH3 is 1. The van der Waals surface area contributed by atoms with E-state index in [9.17, 15) is 13.2 Å². The summed E-state index contributed by atoms with van der Waals surface area (Å²) < 4.78 is 31.5. The number of hydrogen-bond acceptors (Lipinski definition) is 4. The highest BCUT2D eigenvalue weighted by atomic mass is 35.5. The van der Waals surface area contributed by atoms with E-state index in [4.69, 9.17) is 11.6 Å². The van der Waals surface area contributed by atoms with Crippen molar-refractivity contribution >= 4 is 33.3 Å². The van der Waals surface area contributed by atoms with Crippen LogP contribution in [0.15, 0.2) is 18.2 Å². The Kier molecular flexibility index (Phi) is 9.14. The van der Waals surface area contributed by atoms with E-state index in [2.05, 4.69) is 16.4 Å². The third-order valence-corrected chi connectivity index (χ3v) is 5.26. The van der Waals surface area contributed by atoms with Gasteiger partial charge >= 0.3 is 5.97 Å². The molecule has 5 nitrogen and oxygen atoms in total. The van der Waals surface area contributed by atoms with Crippen molar-refractivity contribution < 1.29 is 17.9 Å². The van der Waals surface area contributed by atoms with Crippen molar-refractivity contribution in [1.82, 2.24) is 0 Å². The molecular weight excluding hydrogens is 350 g/mol. The molecule has 0 atom stereocenters. The number of esters is 1. The number of unbranched alkanes of at least 4 members (excludes halogenated alkanes) is 6.